The second-order valence-electron chi connectivity index (χ2n) is 8.07. The number of rotatable bonds is 5. The van der Waals surface area contributed by atoms with Crippen LogP contribution in [0.3, 0.4) is 0 Å². The number of hydrogen-bond acceptors (Lipinski definition) is 4. The van der Waals surface area contributed by atoms with Crippen molar-refractivity contribution in [1.82, 2.24) is 15.5 Å². The zero-order chi connectivity index (χ0) is 18.6. The first kappa shape index (κ1) is 24.4. The van der Waals surface area contributed by atoms with Crippen molar-refractivity contribution in [3.05, 3.63) is 35.6 Å². The number of nitrogens with one attached hydrogen (secondary N) is 2. The predicted octanol–water partition coefficient (Wildman–Crippen LogP) is 3.08. The van der Waals surface area contributed by atoms with E-state index in [-0.39, 0.29) is 48.6 Å². The Bertz CT molecular complexity index is 647. The average molecular weight is 448 g/mol. The molecule has 0 spiro atoms. The van der Waals surface area contributed by atoms with Gasteiger partial charge in [0.25, 0.3) is 0 Å². The summed E-state index contributed by atoms with van der Waals surface area (Å²) in [6.45, 7) is 3.43. The molecule has 164 valence electrons. The van der Waals surface area contributed by atoms with Crippen molar-refractivity contribution in [3.63, 3.8) is 0 Å². The van der Waals surface area contributed by atoms with Gasteiger partial charge in [-0.05, 0) is 42.9 Å². The molecule has 29 heavy (non-hydrogen) atoms. The number of nitrogens with zero attached hydrogens (tertiary/aromatic N) is 1. The molecule has 2 heterocycles. The summed E-state index contributed by atoms with van der Waals surface area (Å²) in [6, 6.07) is 7.11. The number of carbonyl (C=O) groups excluding carboxylic acids is 1. The number of ether oxygens (including phenoxy) is 1. The average Bonchev–Trinajstić information content (AvgIpc) is 3.13. The SMILES string of the molecule is Cl.Cl.O=C(NCC(c1cccc(F)c1)N1CCOCC1)C1CC2CCCCC2N1. The Balaban J connectivity index is 0.00000150. The van der Waals surface area contributed by atoms with Crippen LogP contribution in [0.5, 0.6) is 0 Å². The molecular formula is C21H32Cl2FN3O2. The van der Waals surface area contributed by atoms with Gasteiger partial charge in [-0.15, -0.1) is 24.8 Å². The Kier molecular flexibility index (Phi) is 9.63. The maximum Gasteiger partial charge on any atom is 0.237 e. The van der Waals surface area contributed by atoms with E-state index in [1.54, 1.807) is 12.1 Å². The van der Waals surface area contributed by atoms with Crippen molar-refractivity contribution >= 4 is 30.7 Å². The van der Waals surface area contributed by atoms with Crippen molar-refractivity contribution in [1.29, 1.82) is 0 Å². The van der Waals surface area contributed by atoms with Gasteiger partial charge >= 0.3 is 0 Å². The molecule has 0 radical (unpaired) electrons. The normalized spacial score (nSPS) is 27.8. The molecule has 1 saturated carbocycles. The number of benzene rings is 1. The Morgan fingerprint density at radius 1 is 1.24 bits per heavy atom. The molecule has 1 aromatic rings. The summed E-state index contributed by atoms with van der Waals surface area (Å²) in [5.41, 5.74) is 0.908. The number of carbonyl (C=O) groups is 1. The van der Waals surface area contributed by atoms with Crippen molar-refractivity contribution in [2.45, 2.75) is 50.2 Å². The molecule has 3 aliphatic rings. The van der Waals surface area contributed by atoms with E-state index in [2.05, 4.69) is 15.5 Å². The second kappa shape index (κ2) is 11.5. The van der Waals surface area contributed by atoms with E-state index in [1.165, 1.54) is 31.7 Å². The molecule has 2 aliphatic heterocycles. The minimum Gasteiger partial charge on any atom is -0.379 e. The van der Waals surface area contributed by atoms with E-state index >= 15 is 0 Å². The fourth-order valence-electron chi connectivity index (χ4n) is 4.90. The fourth-order valence-corrected chi connectivity index (χ4v) is 4.90. The summed E-state index contributed by atoms with van der Waals surface area (Å²) in [6.07, 6.45) is 5.92. The molecular weight excluding hydrogens is 416 g/mol. The number of morpholine rings is 1. The number of amides is 1. The fraction of sp³-hybridized carbons (Fsp3) is 0.667. The lowest BCUT2D eigenvalue weighted by molar-refractivity contribution is -0.123. The molecule has 3 fully saturated rings. The molecule has 8 heteroatoms. The Morgan fingerprint density at radius 2 is 2.00 bits per heavy atom. The van der Waals surface area contributed by atoms with Gasteiger partial charge in [0, 0.05) is 25.7 Å². The second-order valence-corrected chi connectivity index (χ2v) is 8.07. The van der Waals surface area contributed by atoms with Crippen molar-refractivity contribution in [2.75, 3.05) is 32.8 Å². The summed E-state index contributed by atoms with van der Waals surface area (Å²) in [5, 5.41) is 6.68. The quantitative estimate of drug-likeness (QED) is 0.727. The van der Waals surface area contributed by atoms with Crippen LogP contribution in [0.1, 0.15) is 43.7 Å². The smallest absolute Gasteiger partial charge is 0.237 e. The first-order chi connectivity index (χ1) is 13.2. The first-order valence-corrected chi connectivity index (χ1v) is 10.3. The molecule has 2 N–H and O–H groups in total. The van der Waals surface area contributed by atoms with Crippen LogP contribution < -0.4 is 10.6 Å². The third kappa shape index (κ3) is 6.05. The van der Waals surface area contributed by atoms with Crippen LogP contribution in [0.2, 0.25) is 0 Å². The van der Waals surface area contributed by atoms with Crippen molar-refractivity contribution in [3.8, 4) is 0 Å². The van der Waals surface area contributed by atoms with E-state index in [1.807, 2.05) is 6.07 Å². The lowest BCUT2D eigenvalue weighted by Crippen LogP contribution is -2.47. The summed E-state index contributed by atoms with van der Waals surface area (Å²) >= 11 is 0. The Hall–Kier alpha value is -0.920. The van der Waals surface area contributed by atoms with Gasteiger partial charge in [0.1, 0.15) is 5.82 Å². The van der Waals surface area contributed by atoms with Gasteiger partial charge in [-0.25, -0.2) is 4.39 Å². The Morgan fingerprint density at radius 3 is 2.72 bits per heavy atom. The van der Waals surface area contributed by atoms with Crippen molar-refractivity contribution < 1.29 is 13.9 Å². The largest absolute Gasteiger partial charge is 0.379 e. The molecule has 4 atom stereocenters. The molecule has 4 unspecified atom stereocenters. The molecule has 1 amide bonds. The van der Waals surface area contributed by atoms with E-state index in [0.29, 0.717) is 31.7 Å². The zero-order valence-electron chi connectivity index (χ0n) is 16.6. The van der Waals surface area contributed by atoms with E-state index in [4.69, 9.17) is 4.74 Å². The summed E-state index contributed by atoms with van der Waals surface area (Å²) in [5.74, 6) is 0.491. The molecule has 0 aromatic heterocycles. The zero-order valence-corrected chi connectivity index (χ0v) is 18.3. The van der Waals surface area contributed by atoms with Gasteiger partial charge in [-0.2, -0.15) is 0 Å². The third-order valence-electron chi connectivity index (χ3n) is 6.37. The topological polar surface area (TPSA) is 53.6 Å². The van der Waals surface area contributed by atoms with Gasteiger partial charge in [0.2, 0.25) is 5.91 Å². The minimum atomic E-state index is -0.237. The summed E-state index contributed by atoms with van der Waals surface area (Å²) in [7, 11) is 0. The molecule has 4 rings (SSSR count). The number of halogens is 3. The number of hydrogen-bond donors (Lipinski definition) is 2. The molecule has 2 saturated heterocycles. The highest BCUT2D eigenvalue weighted by molar-refractivity contribution is 5.85. The predicted molar refractivity (Wildman–Crippen MR) is 116 cm³/mol. The lowest BCUT2D eigenvalue weighted by atomic mass is 9.85. The molecule has 5 nitrogen and oxygen atoms in total. The summed E-state index contributed by atoms with van der Waals surface area (Å²) < 4.78 is 19.2. The Labute approximate surface area is 184 Å². The van der Waals surface area contributed by atoms with Crippen molar-refractivity contribution in [2.24, 2.45) is 5.92 Å². The molecule has 1 aliphatic carbocycles. The van der Waals surface area contributed by atoms with Gasteiger partial charge in [-0.3, -0.25) is 9.69 Å². The van der Waals surface area contributed by atoms with Gasteiger partial charge < -0.3 is 15.4 Å². The number of fused-ring (bicyclic) bond motifs is 1. The first-order valence-electron chi connectivity index (χ1n) is 10.3. The third-order valence-corrected chi connectivity index (χ3v) is 6.37. The van der Waals surface area contributed by atoms with E-state index < -0.39 is 0 Å². The highest BCUT2D eigenvalue weighted by Crippen LogP contribution is 2.33. The van der Waals surface area contributed by atoms with Gasteiger partial charge in [0.15, 0.2) is 0 Å². The van der Waals surface area contributed by atoms with Crippen LogP contribution in [0.4, 0.5) is 4.39 Å². The van der Waals surface area contributed by atoms with Crippen LogP contribution in [0.15, 0.2) is 24.3 Å². The van der Waals surface area contributed by atoms with Gasteiger partial charge in [0.05, 0.1) is 25.3 Å². The van der Waals surface area contributed by atoms with Crippen LogP contribution >= 0.6 is 24.8 Å². The standard InChI is InChI=1S/C21H30FN3O2.2ClH/c22-17-6-3-5-16(12-17)20(25-8-10-27-11-9-25)14-23-21(26)19-13-15-4-1-2-7-18(15)24-19;;/h3,5-6,12,15,18-20,24H,1-2,4,7-11,13-14H2,(H,23,26);2*1H. The maximum atomic E-state index is 13.8. The maximum absolute atomic E-state index is 13.8. The van der Waals surface area contributed by atoms with E-state index in [0.717, 1.165) is 25.1 Å². The summed E-state index contributed by atoms with van der Waals surface area (Å²) in [4.78, 5) is 15.1. The highest BCUT2D eigenvalue weighted by atomic mass is 35.5. The highest BCUT2D eigenvalue weighted by Gasteiger charge is 2.38. The van der Waals surface area contributed by atoms with E-state index in [9.17, 15) is 9.18 Å². The minimum absolute atomic E-state index is 0. The van der Waals surface area contributed by atoms with Crippen LogP contribution in [0, 0.1) is 11.7 Å². The van der Waals surface area contributed by atoms with Crippen LogP contribution in [-0.4, -0.2) is 55.7 Å². The molecule has 0 bridgehead atoms. The van der Waals surface area contributed by atoms with Gasteiger partial charge in [-0.1, -0.05) is 25.0 Å². The van der Waals surface area contributed by atoms with Crippen LogP contribution in [0.25, 0.3) is 0 Å². The van der Waals surface area contributed by atoms with Crippen LogP contribution in [-0.2, 0) is 9.53 Å². The lowest BCUT2D eigenvalue weighted by Gasteiger charge is -2.35. The molecule has 1 aromatic carbocycles. The monoisotopic (exact) mass is 447 g/mol.